The molecule has 4 aliphatic rings. The Morgan fingerprint density at radius 3 is 2.14 bits per heavy atom. The van der Waals surface area contributed by atoms with Crippen LogP contribution in [0.2, 0.25) is 5.02 Å². The van der Waals surface area contributed by atoms with Crippen molar-refractivity contribution in [1.82, 2.24) is 0 Å². The van der Waals surface area contributed by atoms with Gasteiger partial charge in [-0.3, -0.25) is 24.1 Å². The molecule has 1 N–H and O–H groups in total. The number of benzene rings is 4. The van der Waals surface area contributed by atoms with Gasteiger partial charge in [-0.1, -0.05) is 23.3 Å². The van der Waals surface area contributed by atoms with E-state index in [0.29, 0.717) is 27.1 Å². The quantitative estimate of drug-likeness (QED) is 0.112. The van der Waals surface area contributed by atoms with Gasteiger partial charge in [0.05, 0.1) is 62.5 Å². The van der Waals surface area contributed by atoms with Gasteiger partial charge in [-0.25, -0.2) is 9.29 Å². The molecule has 2 saturated heterocycles. The number of hydrogen-bond donors (Lipinski definition) is 1. The van der Waals surface area contributed by atoms with Crippen molar-refractivity contribution < 1.29 is 33.4 Å². The van der Waals surface area contributed by atoms with Crippen LogP contribution >= 0.6 is 27.5 Å². The SMILES string of the molecule is COc1cc(C2C3=CCC4C(=O)N(c5ccc(N=Nc6ccc(N(C)C)cc6)cc5)C(=O)C4C3CC3C(=O)N(c4ccc(F)c(Cl)c4)C(=O)C32C)cc(Br)c1O. The molecule has 0 bridgehead atoms. The number of phenols is 1. The van der Waals surface area contributed by atoms with Gasteiger partial charge in [0.1, 0.15) is 5.82 Å². The monoisotopic (exact) mass is 839 g/mol. The molecule has 3 fully saturated rings. The molecule has 1 saturated carbocycles. The normalized spacial score (nSPS) is 25.7. The molecule has 11 nitrogen and oxygen atoms in total. The summed E-state index contributed by atoms with van der Waals surface area (Å²) in [5.74, 6) is -6.23. The second kappa shape index (κ2) is 14.0. The lowest BCUT2D eigenvalue weighted by Gasteiger charge is -2.49. The Hall–Kier alpha value is -5.40. The maximum Gasteiger partial charge on any atom is 0.241 e. The molecule has 6 unspecified atom stereocenters. The molecular weight excluding hydrogens is 805 g/mol. The van der Waals surface area contributed by atoms with E-state index < -0.39 is 58.5 Å². The van der Waals surface area contributed by atoms with E-state index in [0.717, 1.165) is 22.2 Å². The number of amides is 4. The third-order valence-electron chi connectivity index (χ3n) is 11.8. The van der Waals surface area contributed by atoms with E-state index in [2.05, 4.69) is 26.2 Å². The van der Waals surface area contributed by atoms with Crippen LogP contribution in [0.5, 0.6) is 11.5 Å². The van der Waals surface area contributed by atoms with Crippen LogP contribution in [0.25, 0.3) is 0 Å². The van der Waals surface area contributed by atoms with Gasteiger partial charge in [-0.15, -0.1) is 0 Å². The van der Waals surface area contributed by atoms with Gasteiger partial charge in [0.15, 0.2) is 11.5 Å². The van der Waals surface area contributed by atoms with Crippen molar-refractivity contribution in [2.24, 2.45) is 39.3 Å². The van der Waals surface area contributed by atoms with E-state index in [1.807, 2.05) is 49.3 Å². The molecule has 4 amide bonds. The summed E-state index contributed by atoms with van der Waals surface area (Å²) in [6.07, 6.45) is 2.29. The number of imide groups is 2. The van der Waals surface area contributed by atoms with Crippen molar-refractivity contribution in [3.8, 4) is 11.5 Å². The number of anilines is 3. The number of allylic oxidation sites excluding steroid dienone is 2. The summed E-state index contributed by atoms with van der Waals surface area (Å²) >= 11 is 9.54. The summed E-state index contributed by atoms with van der Waals surface area (Å²) in [7, 11) is 5.31. The lowest BCUT2D eigenvalue weighted by atomic mass is 9.51. The average molecular weight is 841 g/mol. The molecule has 286 valence electrons. The predicted molar refractivity (Wildman–Crippen MR) is 212 cm³/mol. The first kappa shape index (κ1) is 37.5. The average Bonchev–Trinajstić information content (AvgIpc) is 3.55. The fourth-order valence-electron chi connectivity index (χ4n) is 9.04. The molecular formula is C42H36BrClFN5O6. The highest BCUT2D eigenvalue weighted by atomic mass is 79.9. The van der Waals surface area contributed by atoms with Gasteiger partial charge in [0, 0.05) is 25.7 Å². The van der Waals surface area contributed by atoms with Crippen LogP contribution in [-0.2, 0) is 19.2 Å². The molecule has 4 aromatic carbocycles. The summed E-state index contributed by atoms with van der Waals surface area (Å²) in [6, 6.07) is 21.3. The number of nitrogens with zero attached hydrogens (tertiary/aromatic N) is 5. The third kappa shape index (κ3) is 5.82. The van der Waals surface area contributed by atoms with Crippen LogP contribution in [0.1, 0.15) is 31.2 Å². The highest BCUT2D eigenvalue weighted by Crippen LogP contribution is 2.64. The molecule has 2 aliphatic carbocycles. The zero-order valence-electron chi connectivity index (χ0n) is 30.7. The van der Waals surface area contributed by atoms with Gasteiger partial charge in [0.2, 0.25) is 23.6 Å². The van der Waals surface area contributed by atoms with E-state index in [-0.39, 0.29) is 41.0 Å². The number of ether oxygens (including phenoxy) is 1. The molecule has 2 aliphatic heterocycles. The summed E-state index contributed by atoms with van der Waals surface area (Å²) in [4.78, 5) is 62.1. The van der Waals surface area contributed by atoms with Crippen LogP contribution in [0.3, 0.4) is 0 Å². The maximum atomic E-state index is 14.7. The molecule has 6 atom stereocenters. The van der Waals surface area contributed by atoms with Crippen molar-refractivity contribution in [3.63, 3.8) is 0 Å². The highest BCUT2D eigenvalue weighted by Gasteiger charge is 2.67. The fourth-order valence-corrected chi connectivity index (χ4v) is 9.67. The number of fused-ring (bicyclic) bond motifs is 4. The predicted octanol–water partition coefficient (Wildman–Crippen LogP) is 8.87. The summed E-state index contributed by atoms with van der Waals surface area (Å²) < 4.78 is 20.0. The van der Waals surface area contributed by atoms with Crippen molar-refractivity contribution in [2.45, 2.75) is 25.7 Å². The summed E-state index contributed by atoms with van der Waals surface area (Å²) in [6.45, 7) is 1.73. The molecule has 0 aromatic heterocycles. The number of methoxy groups -OCH3 is 1. The number of rotatable bonds is 7. The lowest BCUT2D eigenvalue weighted by molar-refractivity contribution is -0.131. The number of halogens is 3. The van der Waals surface area contributed by atoms with Crippen molar-refractivity contribution >= 4 is 79.6 Å². The number of azo groups is 1. The molecule has 2 heterocycles. The maximum absolute atomic E-state index is 14.7. The Kier molecular flexibility index (Phi) is 9.36. The zero-order valence-corrected chi connectivity index (χ0v) is 33.1. The van der Waals surface area contributed by atoms with Crippen LogP contribution < -0.4 is 19.4 Å². The number of carbonyl (C=O) groups is 4. The van der Waals surface area contributed by atoms with Crippen molar-refractivity contribution in [2.75, 3.05) is 35.9 Å². The molecule has 0 spiro atoms. The smallest absolute Gasteiger partial charge is 0.241 e. The van der Waals surface area contributed by atoms with Crippen LogP contribution in [0, 0.1) is 34.9 Å². The van der Waals surface area contributed by atoms with Crippen LogP contribution in [0.15, 0.2) is 105 Å². The zero-order chi connectivity index (χ0) is 39.8. The first-order valence-corrected chi connectivity index (χ1v) is 19.2. The minimum atomic E-state index is -1.38. The first-order valence-electron chi connectivity index (χ1n) is 18.0. The summed E-state index contributed by atoms with van der Waals surface area (Å²) in [5, 5.41) is 19.1. The number of aromatic hydroxyl groups is 1. The fraction of sp³-hybridized carbons (Fsp3) is 0.286. The largest absolute Gasteiger partial charge is 0.503 e. The molecule has 0 radical (unpaired) electrons. The van der Waals surface area contributed by atoms with E-state index in [1.165, 1.54) is 24.1 Å². The van der Waals surface area contributed by atoms with E-state index in [9.17, 15) is 28.7 Å². The molecule has 8 rings (SSSR count). The summed E-state index contributed by atoms with van der Waals surface area (Å²) in [5.41, 5.74) is 2.70. The number of hydrogen-bond acceptors (Lipinski definition) is 9. The number of phenolic OH excluding ortho intramolecular Hbond substituents is 1. The lowest BCUT2D eigenvalue weighted by Crippen LogP contribution is -2.48. The van der Waals surface area contributed by atoms with E-state index >= 15 is 0 Å². The standard InChI is InChI=1S/C42H36BrClFN5O6/c1-42-30(39(53)50(41(42)55)26-13-16-33(45)32(44)19-26)20-29-27(36(42)21-17-31(43)37(51)34(18-21)56-4)14-15-28-35(29)40(54)49(38(28)52)25-11-7-23(8-12-25)47-46-22-5-9-24(10-6-22)48(2)3/h5-14,16-19,28-30,35-36,51H,15,20H2,1-4H3. The van der Waals surface area contributed by atoms with Gasteiger partial charge in [-0.05, 0) is 126 Å². The second-order valence-electron chi connectivity index (χ2n) is 15.0. The third-order valence-corrected chi connectivity index (χ3v) is 12.7. The number of carbonyl (C=O) groups excluding carboxylic acids is 4. The molecule has 14 heteroatoms. The Morgan fingerprint density at radius 1 is 0.875 bits per heavy atom. The molecule has 56 heavy (non-hydrogen) atoms. The first-order chi connectivity index (χ1) is 26.7. The Morgan fingerprint density at radius 2 is 1.52 bits per heavy atom. The van der Waals surface area contributed by atoms with E-state index in [4.69, 9.17) is 16.3 Å². The Bertz CT molecular complexity index is 2390. The second-order valence-corrected chi connectivity index (χ2v) is 16.2. The minimum Gasteiger partial charge on any atom is -0.503 e. The van der Waals surface area contributed by atoms with Gasteiger partial charge in [-0.2, -0.15) is 10.2 Å². The molecule has 4 aromatic rings. The van der Waals surface area contributed by atoms with Crippen molar-refractivity contribution in [3.05, 3.63) is 111 Å². The van der Waals surface area contributed by atoms with Crippen LogP contribution in [-0.4, -0.2) is 49.9 Å². The van der Waals surface area contributed by atoms with Crippen LogP contribution in [0.4, 0.5) is 32.8 Å². The van der Waals surface area contributed by atoms with Gasteiger partial charge in [0.25, 0.3) is 0 Å². The van der Waals surface area contributed by atoms with Crippen molar-refractivity contribution in [1.29, 1.82) is 0 Å². The Balaban J connectivity index is 1.15. The minimum absolute atomic E-state index is 0.119. The topological polar surface area (TPSA) is 132 Å². The Labute approximate surface area is 335 Å². The van der Waals surface area contributed by atoms with E-state index in [1.54, 1.807) is 43.3 Å². The van der Waals surface area contributed by atoms with Gasteiger partial charge < -0.3 is 14.7 Å². The van der Waals surface area contributed by atoms with Gasteiger partial charge >= 0.3 is 0 Å². The highest BCUT2D eigenvalue weighted by molar-refractivity contribution is 9.10.